The van der Waals surface area contributed by atoms with Crippen LogP contribution in [0.3, 0.4) is 0 Å². The summed E-state index contributed by atoms with van der Waals surface area (Å²) in [4.78, 5) is 11.3. The van der Waals surface area contributed by atoms with Gasteiger partial charge in [0.05, 0.1) is 11.7 Å². The average molecular weight is 214 g/mol. The van der Waals surface area contributed by atoms with E-state index in [0.717, 1.165) is 12.1 Å². The molecule has 5 heteroatoms. The molecule has 1 aromatic carbocycles. The Balaban J connectivity index is 2.77. The van der Waals surface area contributed by atoms with Gasteiger partial charge in [0.1, 0.15) is 11.6 Å². The van der Waals surface area contributed by atoms with E-state index in [0.29, 0.717) is 0 Å². The monoisotopic (exact) mass is 214 g/mol. The maximum atomic E-state index is 13.1. The number of hydrogen-bond acceptors (Lipinski definition) is 2. The van der Waals surface area contributed by atoms with Gasteiger partial charge in [-0.3, -0.25) is 4.79 Å². The van der Waals surface area contributed by atoms with Crippen LogP contribution in [0.5, 0.6) is 0 Å². The summed E-state index contributed by atoms with van der Waals surface area (Å²) in [5, 5.41) is 5.05. The van der Waals surface area contributed by atoms with Crippen molar-refractivity contribution in [3.8, 4) is 0 Å². The number of hydrogen-bond donors (Lipinski definition) is 2. The first-order valence-corrected chi connectivity index (χ1v) is 4.47. The lowest BCUT2D eigenvalue weighted by Gasteiger charge is -2.11. The number of carbonyl (C=O) groups excluding carboxylic acids is 1. The smallest absolute Gasteiger partial charge is 0.241 e. The van der Waals surface area contributed by atoms with E-state index in [2.05, 4.69) is 10.6 Å². The van der Waals surface area contributed by atoms with Gasteiger partial charge in [0, 0.05) is 6.07 Å². The Kier molecular flexibility index (Phi) is 3.74. The lowest BCUT2D eigenvalue weighted by atomic mass is 10.2. The Morgan fingerprint density at radius 1 is 1.40 bits per heavy atom. The van der Waals surface area contributed by atoms with Gasteiger partial charge in [0.2, 0.25) is 5.91 Å². The van der Waals surface area contributed by atoms with E-state index in [1.165, 1.54) is 6.07 Å². The molecule has 1 rings (SSSR count). The second-order valence-corrected chi connectivity index (χ2v) is 3.12. The fourth-order valence-electron chi connectivity index (χ4n) is 0.963. The van der Waals surface area contributed by atoms with Gasteiger partial charge in [-0.15, -0.1) is 0 Å². The van der Waals surface area contributed by atoms with Gasteiger partial charge < -0.3 is 10.6 Å². The third-order valence-corrected chi connectivity index (χ3v) is 2.02. The second kappa shape index (κ2) is 4.84. The number of halogens is 2. The predicted octanol–water partition coefficient (Wildman–Crippen LogP) is 1.51. The molecule has 0 bridgehead atoms. The Morgan fingerprint density at radius 3 is 2.60 bits per heavy atom. The topological polar surface area (TPSA) is 41.1 Å². The van der Waals surface area contributed by atoms with Gasteiger partial charge in [-0.1, -0.05) is 0 Å². The van der Waals surface area contributed by atoms with E-state index in [1.807, 2.05) is 0 Å². The highest BCUT2D eigenvalue weighted by atomic mass is 19.1. The van der Waals surface area contributed by atoms with Crippen molar-refractivity contribution >= 4 is 11.6 Å². The molecule has 0 aromatic heterocycles. The van der Waals surface area contributed by atoms with Crippen molar-refractivity contribution in [2.45, 2.75) is 13.0 Å². The summed E-state index contributed by atoms with van der Waals surface area (Å²) in [6.07, 6.45) is 0. The molecule has 0 saturated carbocycles. The van der Waals surface area contributed by atoms with Crippen LogP contribution in [-0.4, -0.2) is 19.0 Å². The summed E-state index contributed by atoms with van der Waals surface area (Å²) in [7, 11) is 1.62. The van der Waals surface area contributed by atoms with Crippen molar-refractivity contribution in [2.24, 2.45) is 0 Å². The number of rotatable bonds is 3. The molecule has 0 saturated heterocycles. The summed E-state index contributed by atoms with van der Waals surface area (Å²) < 4.78 is 25.6. The molecule has 0 aliphatic rings. The molecular weight excluding hydrogens is 202 g/mol. The van der Waals surface area contributed by atoms with Gasteiger partial charge in [0.15, 0.2) is 0 Å². The maximum Gasteiger partial charge on any atom is 0.241 e. The van der Waals surface area contributed by atoms with Crippen LogP contribution < -0.4 is 10.6 Å². The second-order valence-electron chi connectivity index (χ2n) is 3.12. The van der Waals surface area contributed by atoms with Gasteiger partial charge in [-0.2, -0.15) is 0 Å². The maximum absolute atomic E-state index is 13.1. The molecule has 1 aromatic rings. The molecule has 1 unspecified atom stereocenters. The third-order valence-electron chi connectivity index (χ3n) is 2.02. The van der Waals surface area contributed by atoms with Crippen LogP contribution in [0.1, 0.15) is 6.92 Å². The van der Waals surface area contributed by atoms with Crippen LogP contribution in [-0.2, 0) is 4.79 Å². The van der Waals surface area contributed by atoms with Crippen LogP contribution in [0.15, 0.2) is 18.2 Å². The van der Waals surface area contributed by atoms with Gasteiger partial charge >= 0.3 is 0 Å². The summed E-state index contributed by atoms with van der Waals surface area (Å²) in [5.41, 5.74) is -0.0245. The predicted molar refractivity (Wildman–Crippen MR) is 53.5 cm³/mol. The molecule has 0 spiro atoms. The van der Waals surface area contributed by atoms with Gasteiger partial charge in [-0.05, 0) is 26.1 Å². The highest BCUT2D eigenvalue weighted by Crippen LogP contribution is 2.14. The van der Waals surface area contributed by atoms with E-state index in [4.69, 9.17) is 0 Å². The molecule has 0 aliphatic heterocycles. The number of amides is 1. The minimum Gasteiger partial charge on any atom is -0.322 e. The number of anilines is 1. The van der Waals surface area contributed by atoms with Crippen molar-refractivity contribution in [3.05, 3.63) is 29.8 Å². The van der Waals surface area contributed by atoms with Gasteiger partial charge in [-0.25, -0.2) is 8.78 Å². The standard InChI is InChI=1S/C10H12F2N2O/c1-6(13-2)10(15)14-9-4-3-7(11)5-8(9)12/h3-6,13H,1-2H3,(H,14,15). The molecule has 1 amide bonds. The molecule has 0 radical (unpaired) electrons. The zero-order valence-electron chi connectivity index (χ0n) is 8.47. The zero-order chi connectivity index (χ0) is 11.4. The molecule has 2 N–H and O–H groups in total. The number of benzene rings is 1. The van der Waals surface area contributed by atoms with E-state index >= 15 is 0 Å². The first kappa shape index (κ1) is 11.6. The van der Waals surface area contributed by atoms with E-state index in [9.17, 15) is 13.6 Å². The highest BCUT2D eigenvalue weighted by molar-refractivity contribution is 5.94. The largest absolute Gasteiger partial charge is 0.322 e. The molecule has 1 atom stereocenters. The Bertz CT molecular complexity index is 368. The quantitative estimate of drug-likeness (QED) is 0.800. The zero-order valence-corrected chi connectivity index (χ0v) is 8.47. The Labute approximate surface area is 86.5 Å². The molecule has 82 valence electrons. The fraction of sp³-hybridized carbons (Fsp3) is 0.300. The first-order chi connectivity index (χ1) is 7.04. The molecule has 0 heterocycles. The number of likely N-dealkylation sites (N-methyl/N-ethyl adjacent to an activating group) is 1. The minimum atomic E-state index is -0.786. The normalized spacial score (nSPS) is 12.3. The van der Waals surface area contributed by atoms with Crippen LogP contribution in [0.25, 0.3) is 0 Å². The lowest BCUT2D eigenvalue weighted by molar-refractivity contribution is -0.117. The summed E-state index contributed by atoms with van der Waals surface area (Å²) in [6, 6.07) is 2.56. The lowest BCUT2D eigenvalue weighted by Crippen LogP contribution is -2.35. The molecular formula is C10H12F2N2O. The third kappa shape index (κ3) is 2.99. The molecule has 3 nitrogen and oxygen atoms in total. The molecule has 15 heavy (non-hydrogen) atoms. The van der Waals surface area contributed by atoms with Crippen LogP contribution in [0.2, 0.25) is 0 Å². The van der Waals surface area contributed by atoms with Crippen LogP contribution in [0.4, 0.5) is 14.5 Å². The molecule has 0 aliphatic carbocycles. The number of carbonyl (C=O) groups is 1. The summed E-state index contributed by atoms with van der Waals surface area (Å²) >= 11 is 0. The summed E-state index contributed by atoms with van der Waals surface area (Å²) in [5.74, 6) is -1.83. The van der Waals surface area contributed by atoms with Crippen molar-refractivity contribution in [3.63, 3.8) is 0 Å². The fourth-order valence-corrected chi connectivity index (χ4v) is 0.963. The minimum absolute atomic E-state index is 0.0245. The van der Waals surface area contributed by atoms with Crippen molar-refractivity contribution in [2.75, 3.05) is 12.4 Å². The first-order valence-electron chi connectivity index (χ1n) is 4.47. The van der Waals surface area contributed by atoms with Crippen LogP contribution >= 0.6 is 0 Å². The van der Waals surface area contributed by atoms with Crippen molar-refractivity contribution < 1.29 is 13.6 Å². The SMILES string of the molecule is CNC(C)C(=O)Nc1ccc(F)cc1F. The van der Waals surface area contributed by atoms with Crippen molar-refractivity contribution in [1.82, 2.24) is 5.32 Å². The van der Waals surface area contributed by atoms with E-state index in [1.54, 1.807) is 14.0 Å². The Morgan fingerprint density at radius 2 is 2.07 bits per heavy atom. The average Bonchev–Trinajstić information content (AvgIpc) is 2.20. The van der Waals surface area contributed by atoms with E-state index in [-0.39, 0.29) is 11.6 Å². The highest BCUT2D eigenvalue weighted by Gasteiger charge is 2.12. The van der Waals surface area contributed by atoms with Gasteiger partial charge in [0.25, 0.3) is 0 Å². The van der Waals surface area contributed by atoms with Crippen molar-refractivity contribution in [1.29, 1.82) is 0 Å². The summed E-state index contributed by atoms with van der Waals surface area (Å²) in [6.45, 7) is 1.64. The molecule has 0 fully saturated rings. The van der Waals surface area contributed by atoms with Crippen LogP contribution in [0, 0.1) is 11.6 Å². The number of nitrogens with one attached hydrogen (secondary N) is 2. The van der Waals surface area contributed by atoms with E-state index < -0.39 is 17.7 Å². The Hall–Kier alpha value is -1.49.